The summed E-state index contributed by atoms with van der Waals surface area (Å²) in [6.07, 6.45) is 4.25. The molecule has 0 spiro atoms. The summed E-state index contributed by atoms with van der Waals surface area (Å²) < 4.78 is 1.06. The summed E-state index contributed by atoms with van der Waals surface area (Å²) in [5.74, 6) is 0.585. The van der Waals surface area contributed by atoms with Gasteiger partial charge in [-0.3, -0.25) is 9.88 Å². The van der Waals surface area contributed by atoms with E-state index in [9.17, 15) is 0 Å². The first-order chi connectivity index (χ1) is 11.3. The third kappa shape index (κ3) is 3.16. The number of hydrogen-bond acceptors (Lipinski definition) is 5. The number of nitrogens with zero attached hydrogens (tertiary/aromatic N) is 4. The second-order valence-electron chi connectivity index (χ2n) is 5.93. The van der Waals surface area contributed by atoms with Crippen molar-refractivity contribution in [1.82, 2.24) is 20.1 Å². The Hall–Kier alpha value is -1.37. The minimum atomic E-state index is 0.585. The summed E-state index contributed by atoms with van der Waals surface area (Å²) in [6.45, 7) is 3.21. The number of hydrogen-bond donors (Lipinski definition) is 0. The van der Waals surface area contributed by atoms with Crippen LogP contribution in [-0.2, 0) is 6.54 Å². The molecule has 6 heteroatoms. The predicted octanol–water partition coefficient (Wildman–Crippen LogP) is 4.23. The first-order valence-corrected chi connectivity index (χ1v) is 9.49. The van der Waals surface area contributed by atoms with Gasteiger partial charge in [0.05, 0.1) is 5.52 Å². The number of halogens is 1. The number of piperidine rings is 1. The Labute approximate surface area is 147 Å². The molecule has 3 heterocycles. The number of pyridine rings is 1. The molecule has 0 unspecified atom stereocenters. The summed E-state index contributed by atoms with van der Waals surface area (Å²) in [5, 5.41) is 10.6. The summed E-state index contributed by atoms with van der Waals surface area (Å²) in [5.41, 5.74) is 4.24. The molecule has 0 N–H and O–H groups in total. The molecule has 1 aliphatic heterocycles. The fourth-order valence-corrected chi connectivity index (χ4v) is 4.47. The van der Waals surface area contributed by atoms with Gasteiger partial charge in [0.15, 0.2) is 0 Å². The van der Waals surface area contributed by atoms with Crippen molar-refractivity contribution in [2.75, 3.05) is 13.1 Å². The van der Waals surface area contributed by atoms with Crippen LogP contribution in [0.3, 0.4) is 0 Å². The van der Waals surface area contributed by atoms with Gasteiger partial charge in [-0.1, -0.05) is 12.1 Å². The topological polar surface area (TPSA) is 41.9 Å². The molecule has 1 aliphatic rings. The minimum Gasteiger partial charge on any atom is -0.299 e. The quantitative estimate of drug-likeness (QED) is 0.673. The van der Waals surface area contributed by atoms with Gasteiger partial charge in [-0.05, 0) is 59.6 Å². The standard InChI is InChI=1S/C17H17BrN4S/c18-15-3-1-2-14-13(4-7-19-16(14)15)10-22-8-5-12(6-9-22)17-21-20-11-23-17/h1-4,7,11-12H,5-6,8-10H2. The van der Waals surface area contributed by atoms with Crippen LogP contribution in [0, 0.1) is 0 Å². The highest BCUT2D eigenvalue weighted by molar-refractivity contribution is 9.10. The Kier molecular flexibility index (Phi) is 4.37. The lowest BCUT2D eigenvalue weighted by molar-refractivity contribution is 0.205. The molecule has 0 saturated carbocycles. The predicted molar refractivity (Wildman–Crippen MR) is 96.6 cm³/mol. The van der Waals surface area contributed by atoms with E-state index in [4.69, 9.17) is 0 Å². The Balaban J connectivity index is 1.49. The van der Waals surface area contributed by atoms with Crippen LogP contribution in [0.2, 0.25) is 0 Å². The second kappa shape index (κ2) is 6.63. The summed E-state index contributed by atoms with van der Waals surface area (Å²) in [6, 6.07) is 8.44. The van der Waals surface area contributed by atoms with Crippen molar-refractivity contribution < 1.29 is 0 Å². The Morgan fingerprint density at radius 3 is 2.87 bits per heavy atom. The number of rotatable bonds is 3. The summed E-state index contributed by atoms with van der Waals surface area (Å²) in [7, 11) is 0. The van der Waals surface area contributed by atoms with Gasteiger partial charge in [-0.2, -0.15) is 0 Å². The van der Waals surface area contributed by atoms with Gasteiger partial charge in [0, 0.05) is 28.5 Å². The maximum Gasteiger partial charge on any atom is 0.120 e. The fraction of sp³-hybridized carbons (Fsp3) is 0.353. The lowest BCUT2D eigenvalue weighted by Crippen LogP contribution is -2.32. The third-order valence-electron chi connectivity index (χ3n) is 4.52. The van der Waals surface area contributed by atoms with E-state index >= 15 is 0 Å². The van der Waals surface area contributed by atoms with Crippen LogP contribution < -0.4 is 0 Å². The molecule has 0 atom stereocenters. The van der Waals surface area contributed by atoms with Crippen LogP contribution in [0.15, 0.2) is 40.4 Å². The smallest absolute Gasteiger partial charge is 0.120 e. The molecule has 1 fully saturated rings. The van der Waals surface area contributed by atoms with Gasteiger partial charge >= 0.3 is 0 Å². The lowest BCUT2D eigenvalue weighted by Gasteiger charge is -2.31. The third-order valence-corrected chi connectivity index (χ3v) is 6.02. The molecule has 0 bridgehead atoms. The normalized spacial score (nSPS) is 16.9. The van der Waals surface area contributed by atoms with E-state index in [1.54, 1.807) is 11.3 Å². The van der Waals surface area contributed by atoms with Gasteiger partial charge in [0.25, 0.3) is 0 Å². The molecule has 4 rings (SSSR count). The highest BCUT2D eigenvalue weighted by atomic mass is 79.9. The molecule has 118 valence electrons. The number of aromatic nitrogens is 3. The van der Waals surface area contributed by atoms with Crippen LogP contribution in [0.5, 0.6) is 0 Å². The molecule has 0 aliphatic carbocycles. The molecular formula is C17H17BrN4S. The molecule has 23 heavy (non-hydrogen) atoms. The molecule has 0 radical (unpaired) electrons. The van der Waals surface area contributed by atoms with Crippen molar-refractivity contribution in [1.29, 1.82) is 0 Å². The largest absolute Gasteiger partial charge is 0.299 e. The van der Waals surface area contributed by atoms with Crippen LogP contribution in [0.25, 0.3) is 10.9 Å². The van der Waals surface area contributed by atoms with Crippen molar-refractivity contribution in [2.45, 2.75) is 25.3 Å². The van der Waals surface area contributed by atoms with E-state index in [0.29, 0.717) is 5.92 Å². The first kappa shape index (κ1) is 15.2. The fourth-order valence-electron chi connectivity index (χ4n) is 3.27. The SMILES string of the molecule is Brc1cccc2c(CN3CCC(c4nncs4)CC3)ccnc12. The summed E-state index contributed by atoms with van der Waals surface area (Å²) in [4.78, 5) is 7.04. The van der Waals surface area contributed by atoms with Crippen LogP contribution >= 0.6 is 27.3 Å². The van der Waals surface area contributed by atoms with Crippen LogP contribution in [-0.4, -0.2) is 33.2 Å². The van der Waals surface area contributed by atoms with Crippen molar-refractivity contribution in [3.63, 3.8) is 0 Å². The van der Waals surface area contributed by atoms with E-state index in [2.05, 4.69) is 54.2 Å². The average molecular weight is 389 g/mol. The molecule has 0 amide bonds. The van der Waals surface area contributed by atoms with Crippen LogP contribution in [0.4, 0.5) is 0 Å². The molecular weight excluding hydrogens is 372 g/mol. The molecule has 2 aromatic heterocycles. The van der Waals surface area contributed by atoms with E-state index < -0.39 is 0 Å². The maximum atomic E-state index is 4.50. The second-order valence-corrected chi connectivity index (χ2v) is 7.65. The Morgan fingerprint density at radius 1 is 1.22 bits per heavy atom. The van der Waals surface area contributed by atoms with Gasteiger partial charge < -0.3 is 0 Å². The first-order valence-electron chi connectivity index (χ1n) is 7.82. The molecule has 1 aromatic carbocycles. The zero-order chi connectivity index (χ0) is 15.6. The van der Waals surface area contributed by atoms with E-state index in [-0.39, 0.29) is 0 Å². The van der Waals surface area contributed by atoms with E-state index in [1.165, 1.54) is 28.8 Å². The van der Waals surface area contributed by atoms with Crippen molar-refractivity contribution in [2.24, 2.45) is 0 Å². The highest BCUT2D eigenvalue weighted by Crippen LogP contribution is 2.30. The van der Waals surface area contributed by atoms with Crippen molar-refractivity contribution >= 4 is 38.2 Å². The van der Waals surface area contributed by atoms with Crippen molar-refractivity contribution in [3.8, 4) is 0 Å². The van der Waals surface area contributed by atoms with Gasteiger partial charge in [-0.15, -0.1) is 21.5 Å². The van der Waals surface area contributed by atoms with Gasteiger partial charge in [-0.25, -0.2) is 0 Å². The van der Waals surface area contributed by atoms with Crippen LogP contribution in [0.1, 0.15) is 29.3 Å². The van der Waals surface area contributed by atoms with Gasteiger partial charge in [0.1, 0.15) is 10.5 Å². The monoisotopic (exact) mass is 388 g/mol. The Morgan fingerprint density at radius 2 is 2.09 bits per heavy atom. The number of para-hydroxylation sites is 1. The molecule has 3 aromatic rings. The van der Waals surface area contributed by atoms with E-state index in [0.717, 1.165) is 29.6 Å². The van der Waals surface area contributed by atoms with Crippen molar-refractivity contribution in [3.05, 3.63) is 51.0 Å². The number of fused-ring (bicyclic) bond motifs is 1. The number of likely N-dealkylation sites (tertiary alicyclic amines) is 1. The lowest BCUT2D eigenvalue weighted by atomic mass is 9.97. The number of benzene rings is 1. The van der Waals surface area contributed by atoms with E-state index in [1.807, 2.05) is 17.8 Å². The Bertz CT molecular complexity index is 797. The zero-order valence-electron chi connectivity index (χ0n) is 12.7. The minimum absolute atomic E-state index is 0.585. The zero-order valence-corrected chi connectivity index (χ0v) is 15.1. The summed E-state index contributed by atoms with van der Waals surface area (Å²) >= 11 is 5.28. The maximum absolute atomic E-state index is 4.50. The highest BCUT2D eigenvalue weighted by Gasteiger charge is 2.23. The average Bonchev–Trinajstić information content (AvgIpc) is 3.11. The van der Waals surface area contributed by atoms with Gasteiger partial charge in [0.2, 0.25) is 0 Å². The molecule has 4 nitrogen and oxygen atoms in total. The molecule has 1 saturated heterocycles.